The Hall–Kier alpha value is -2.21. The van der Waals surface area contributed by atoms with E-state index >= 15 is 0 Å². The number of nitrogens with one attached hydrogen (secondary N) is 1. The summed E-state index contributed by atoms with van der Waals surface area (Å²) < 4.78 is 6.78. The Morgan fingerprint density at radius 2 is 2.05 bits per heavy atom. The van der Waals surface area contributed by atoms with Gasteiger partial charge in [0.15, 0.2) is 5.82 Å². The van der Waals surface area contributed by atoms with Crippen LogP contribution >= 0.6 is 0 Å². The molecule has 1 aromatic heterocycles. The molecule has 1 N–H and O–H groups in total. The summed E-state index contributed by atoms with van der Waals surface area (Å²) in [4.78, 5) is 11.6. The SMILES string of the molecule is COC(C)C(=O)Nc1ccc(-c2nncn2C)cc1. The van der Waals surface area contributed by atoms with Crippen molar-refractivity contribution in [1.29, 1.82) is 0 Å². The molecule has 6 nitrogen and oxygen atoms in total. The van der Waals surface area contributed by atoms with Crippen molar-refractivity contribution < 1.29 is 9.53 Å². The van der Waals surface area contributed by atoms with E-state index < -0.39 is 6.10 Å². The van der Waals surface area contributed by atoms with Crippen LogP contribution < -0.4 is 5.32 Å². The van der Waals surface area contributed by atoms with E-state index in [1.807, 2.05) is 35.9 Å². The fraction of sp³-hybridized carbons (Fsp3) is 0.308. The van der Waals surface area contributed by atoms with Gasteiger partial charge in [-0.1, -0.05) is 0 Å². The van der Waals surface area contributed by atoms with Gasteiger partial charge < -0.3 is 14.6 Å². The molecule has 1 heterocycles. The van der Waals surface area contributed by atoms with Crippen LogP contribution in [0.1, 0.15) is 6.92 Å². The molecule has 0 spiro atoms. The first-order valence-electron chi connectivity index (χ1n) is 5.90. The van der Waals surface area contributed by atoms with Crippen LogP contribution in [0.3, 0.4) is 0 Å². The van der Waals surface area contributed by atoms with Crippen molar-refractivity contribution in [3.8, 4) is 11.4 Å². The number of hydrogen-bond acceptors (Lipinski definition) is 4. The van der Waals surface area contributed by atoms with Crippen LogP contribution in [0.15, 0.2) is 30.6 Å². The van der Waals surface area contributed by atoms with Gasteiger partial charge in [0, 0.05) is 25.4 Å². The molecule has 2 rings (SSSR count). The average Bonchev–Trinajstić information content (AvgIpc) is 2.85. The molecule has 2 aromatic rings. The summed E-state index contributed by atoms with van der Waals surface area (Å²) in [5.41, 5.74) is 1.66. The lowest BCUT2D eigenvalue weighted by atomic mass is 10.2. The van der Waals surface area contributed by atoms with E-state index in [9.17, 15) is 4.79 Å². The predicted octanol–water partition coefficient (Wildman–Crippen LogP) is 1.46. The summed E-state index contributed by atoms with van der Waals surface area (Å²) in [5.74, 6) is 0.608. The summed E-state index contributed by atoms with van der Waals surface area (Å²) in [6.45, 7) is 1.70. The third-order valence-corrected chi connectivity index (χ3v) is 2.84. The zero-order chi connectivity index (χ0) is 13.8. The summed E-state index contributed by atoms with van der Waals surface area (Å²) in [7, 11) is 3.38. The maximum atomic E-state index is 11.6. The summed E-state index contributed by atoms with van der Waals surface area (Å²) in [6.07, 6.45) is 1.17. The third-order valence-electron chi connectivity index (χ3n) is 2.84. The maximum Gasteiger partial charge on any atom is 0.253 e. The molecule has 0 aliphatic rings. The van der Waals surface area contributed by atoms with Gasteiger partial charge >= 0.3 is 0 Å². The number of rotatable bonds is 4. The monoisotopic (exact) mass is 260 g/mol. The molecule has 1 aromatic carbocycles. The number of aryl methyl sites for hydroxylation is 1. The first-order valence-corrected chi connectivity index (χ1v) is 5.90. The van der Waals surface area contributed by atoms with Gasteiger partial charge in [-0.25, -0.2) is 0 Å². The van der Waals surface area contributed by atoms with Crippen LogP contribution in [0.4, 0.5) is 5.69 Å². The molecular formula is C13H16N4O2. The third kappa shape index (κ3) is 2.97. The number of methoxy groups -OCH3 is 1. The normalized spacial score (nSPS) is 12.2. The van der Waals surface area contributed by atoms with Crippen LogP contribution in [0.5, 0.6) is 0 Å². The van der Waals surface area contributed by atoms with Gasteiger partial charge in [-0.2, -0.15) is 0 Å². The van der Waals surface area contributed by atoms with Gasteiger partial charge in [-0.15, -0.1) is 10.2 Å². The summed E-state index contributed by atoms with van der Waals surface area (Å²) in [6, 6.07) is 7.42. The Balaban J connectivity index is 2.11. The molecular weight excluding hydrogens is 244 g/mol. The van der Waals surface area contributed by atoms with Crippen molar-refractivity contribution in [3.63, 3.8) is 0 Å². The summed E-state index contributed by atoms with van der Waals surface area (Å²) >= 11 is 0. The predicted molar refractivity (Wildman–Crippen MR) is 71.5 cm³/mol. The molecule has 100 valence electrons. The molecule has 0 radical (unpaired) electrons. The first-order chi connectivity index (χ1) is 9.11. The van der Waals surface area contributed by atoms with Crippen LogP contribution in [0.2, 0.25) is 0 Å². The van der Waals surface area contributed by atoms with Crippen LogP contribution in [0, 0.1) is 0 Å². The minimum Gasteiger partial charge on any atom is -0.372 e. The number of anilines is 1. The molecule has 0 aliphatic heterocycles. The highest BCUT2D eigenvalue weighted by Gasteiger charge is 2.11. The molecule has 0 fully saturated rings. The van der Waals surface area contributed by atoms with E-state index in [-0.39, 0.29) is 5.91 Å². The minimum absolute atomic E-state index is 0.172. The molecule has 1 unspecified atom stereocenters. The van der Waals surface area contributed by atoms with E-state index in [4.69, 9.17) is 4.74 Å². The number of hydrogen-bond donors (Lipinski definition) is 1. The minimum atomic E-state index is -0.474. The fourth-order valence-electron chi connectivity index (χ4n) is 1.60. The lowest BCUT2D eigenvalue weighted by Gasteiger charge is -2.10. The zero-order valence-electron chi connectivity index (χ0n) is 11.1. The second-order valence-electron chi connectivity index (χ2n) is 4.21. The van der Waals surface area contributed by atoms with Crippen molar-refractivity contribution in [1.82, 2.24) is 14.8 Å². The van der Waals surface area contributed by atoms with Gasteiger partial charge in [-0.05, 0) is 31.2 Å². The van der Waals surface area contributed by atoms with E-state index in [0.717, 1.165) is 17.1 Å². The van der Waals surface area contributed by atoms with E-state index in [1.54, 1.807) is 13.3 Å². The Labute approximate surface area is 111 Å². The number of carbonyl (C=O) groups excluding carboxylic acids is 1. The number of nitrogens with zero attached hydrogens (tertiary/aromatic N) is 3. The van der Waals surface area contributed by atoms with Gasteiger partial charge in [0.1, 0.15) is 12.4 Å². The average molecular weight is 260 g/mol. The second kappa shape index (κ2) is 5.62. The molecule has 1 atom stereocenters. The Morgan fingerprint density at radius 3 is 2.58 bits per heavy atom. The van der Waals surface area contributed by atoms with Crippen LogP contribution in [-0.2, 0) is 16.6 Å². The van der Waals surface area contributed by atoms with Gasteiger partial charge in [0.2, 0.25) is 0 Å². The lowest BCUT2D eigenvalue weighted by molar-refractivity contribution is -0.124. The number of aromatic nitrogens is 3. The molecule has 1 amide bonds. The van der Waals surface area contributed by atoms with Crippen molar-refractivity contribution in [3.05, 3.63) is 30.6 Å². The quantitative estimate of drug-likeness (QED) is 0.903. The topological polar surface area (TPSA) is 69.0 Å². The number of carbonyl (C=O) groups is 1. The first kappa shape index (κ1) is 13.2. The second-order valence-corrected chi connectivity index (χ2v) is 4.21. The standard InChI is InChI=1S/C13H16N4O2/c1-9(19-3)13(18)15-11-6-4-10(5-7-11)12-16-14-8-17(12)2/h4-9H,1-3H3,(H,15,18). The van der Waals surface area contributed by atoms with E-state index in [1.165, 1.54) is 7.11 Å². The fourth-order valence-corrected chi connectivity index (χ4v) is 1.60. The maximum absolute atomic E-state index is 11.6. The largest absolute Gasteiger partial charge is 0.372 e. The van der Waals surface area contributed by atoms with Crippen LogP contribution in [-0.4, -0.2) is 33.9 Å². The van der Waals surface area contributed by atoms with Crippen molar-refractivity contribution in [2.75, 3.05) is 12.4 Å². The summed E-state index contributed by atoms with van der Waals surface area (Å²) in [5, 5.41) is 10.6. The highest BCUT2D eigenvalue weighted by atomic mass is 16.5. The van der Waals surface area contributed by atoms with Gasteiger partial charge in [0.25, 0.3) is 5.91 Å². The van der Waals surface area contributed by atoms with Gasteiger partial charge in [-0.3, -0.25) is 4.79 Å². The van der Waals surface area contributed by atoms with Crippen LogP contribution in [0.25, 0.3) is 11.4 Å². The van der Waals surface area contributed by atoms with Crippen molar-refractivity contribution >= 4 is 11.6 Å². The molecule has 0 bridgehead atoms. The molecule has 0 aliphatic carbocycles. The Bertz CT molecular complexity index is 562. The number of ether oxygens (including phenoxy) is 1. The van der Waals surface area contributed by atoms with Crippen molar-refractivity contribution in [2.24, 2.45) is 7.05 Å². The van der Waals surface area contributed by atoms with E-state index in [2.05, 4.69) is 15.5 Å². The van der Waals surface area contributed by atoms with E-state index in [0.29, 0.717) is 0 Å². The highest BCUT2D eigenvalue weighted by molar-refractivity contribution is 5.94. The molecule has 0 saturated heterocycles. The number of amides is 1. The zero-order valence-corrected chi connectivity index (χ0v) is 11.1. The molecule has 6 heteroatoms. The van der Waals surface area contributed by atoms with Crippen molar-refractivity contribution in [2.45, 2.75) is 13.0 Å². The highest BCUT2D eigenvalue weighted by Crippen LogP contribution is 2.18. The lowest BCUT2D eigenvalue weighted by Crippen LogP contribution is -2.26. The Kier molecular flexibility index (Phi) is 3.91. The van der Waals surface area contributed by atoms with Gasteiger partial charge in [0.05, 0.1) is 0 Å². The number of benzene rings is 1. The Morgan fingerprint density at radius 1 is 1.37 bits per heavy atom. The smallest absolute Gasteiger partial charge is 0.253 e. The molecule has 0 saturated carbocycles. The molecule has 19 heavy (non-hydrogen) atoms.